The summed E-state index contributed by atoms with van der Waals surface area (Å²) in [6.07, 6.45) is 2.53. The Morgan fingerprint density at radius 2 is 2.00 bits per heavy atom. The summed E-state index contributed by atoms with van der Waals surface area (Å²) in [7, 11) is 0. The van der Waals surface area contributed by atoms with E-state index in [-0.39, 0.29) is 30.3 Å². The van der Waals surface area contributed by atoms with Gasteiger partial charge in [0.05, 0.1) is 10.0 Å². The lowest BCUT2D eigenvalue weighted by molar-refractivity contribution is -0.119. The number of amides is 1. The second-order valence-electron chi connectivity index (χ2n) is 4.39. The van der Waals surface area contributed by atoms with Gasteiger partial charge < -0.3 is 11.1 Å². The molecule has 0 radical (unpaired) electrons. The molecule has 1 aliphatic carbocycles. The first-order valence-corrected chi connectivity index (χ1v) is 6.33. The molecule has 0 heterocycles. The average molecular weight is 310 g/mol. The number of rotatable bonds is 2. The van der Waals surface area contributed by atoms with Crippen LogP contribution < -0.4 is 11.1 Å². The Kier molecular flexibility index (Phi) is 5.73. The number of nitrogens with one attached hydrogen (secondary N) is 1. The molecule has 1 amide bonds. The van der Waals surface area contributed by atoms with Gasteiger partial charge >= 0.3 is 0 Å². The molecule has 0 aliphatic heterocycles. The predicted octanol–water partition coefficient (Wildman–Crippen LogP) is 3.48. The fourth-order valence-corrected chi connectivity index (χ4v) is 2.37. The molecule has 3 N–H and O–H groups in total. The minimum atomic E-state index is 0. The Morgan fingerprint density at radius 1 is 1.28 bits per heavy atom. The topological polar surface area (TPSA) is 55.1 Å². The van der Waals surface area contributed by atoms with Crippen LogP contribution in [0.5, 0.6) is 0 Å². The molecule has 2 unspecified atom stereocenters. The SMILES string of the molecule is Cl.NC1CCC(C(=O)Nc2ccc(Cl)c(Cl)c2)C1. The number of hydrogen-bond acceptors (Lipinski definition) is 2. The van der Waals surface area contributed by atoms with Crippen molar-refractivity contribution >= 4 is 47.2 Å². The van der Waals surface area contributed by atoms with Crippen molar-refractivity contribution in [3.05, 3.63) is 28.2 Å². The van der Waals surface area contributed by atoms with Crippen LogP contribution in [0.4, 0.5) is 5.69 Å². The first-order valence-electron chi connectivity index (χ1n) is 5.58. The second-order valence-corrected chi connectivity index (χ2v) is 5.20. The zero-order valence-electron chi connectivity index (χ0n) is 9.66. The molecule has 1 aromatic carbocycles. The van der Waals surface area contributed by atoms with Crippen LogP contribution in [-0.4, -0.2) is 11.9 Å². The molecule has 1 aliphatic rings. The molecule has 1 fully saturated rings. The third kappa shape index (κ3) is 3.75. The zero-order valence-corrected chi connectivity index (χ0v) is 12.0. The summed E-state index contributed by atoms with van der Waals surface area (Å²) in [4.78, 5) is 11.9. The van der Waals surface area contributed by atoms with Gasteiger partial charge in [-0.3, -0.25) is 4.79 Å². The highest BCUT2D eigenvalue weighted by Crippen LogP contribution is 2.28. The van der Waals surface area contributed by atoms with E-state index in [4.69, 9.17) is 28.9 Å². The highest BCUT2D eigenvalue weighted by Gasteiger charge is 2.27. The van der Waals surface area contributed by atoms with Crippen molar-refractivity contribution in [2.45, 2.75) is 25.3 Å². The summed E-state index contributed by atoms with van der Waals surface area (Å²) in [5, 5.41) is 3.75. The summed E-state index contributed by atoms with van der Waals surface area (Å²) in [5.74, 6) is 0.0239. The van der Waals surface area contributed by atoms with Crippen molar-refractivity contribution in [2.24, 2.45) is 11.7 Å². The molecule has 6 heteroatoms. The van der Waals surface area contributed by atoms with Crippen LogP contribution in [0.3, 0.4) is 0 Å². The van der Waals surface area contributed by atoms with Gasteiger partial charge in [0.15, 0.2) is 0 Å². The molecular weight excluding hydrogens is 295 g/mol. The Hall–Kier alpha value is -0.480. The molecule has 0 saturated heterocycles. The van der Waals surface area contributed by atoms with Crippen molar-refractivity contribution < 1.29 is 4.79 Å². The Morgan fingerprint density at radius 3 is 2.56 bits per heavy atom. The van der Waals surface area contributed by atoms with Gasteiger partial charge in [0.1, 0.15) is 0 Å². The number of carbonyl (C=O) groups excluding carboxylic acids is 1. The minimum Gasteiger partial charge on any atom is -0.328 e. The molecule has 3 nitrogen and oxygen atoms in total. The highest BCUT2D eigenvalue weighted by atomic mass is 35.5. The average Bonchev–Trinajstić information content (AvgIpc) is 2.70. The molecule has 100 valence electrons. The normalized spacial score (nSPS) is 22.4. The summed E-state index contributed by atoms with van der Waals surface area (Å²) in [5.41, 5.74) is 6.45. The molecule has 0 bridgehead atoms. The summed E-state index contributed by atoms with van der Waals surface area (Å²) < 4.78 is 0. The van der Waals surface area contributed by atoms with Gasteiger partial charge in [0.2, 0.25) is 5.91 Å². The maximum atomic E-state index is 11.9. The van der Waals surface area contributed by atoms with Crippen LogP contribution in [0, 0.1) is 5.92 Å². The van der Waals surface area contributed by atoms with Crippen LogP contribution in [0.2, 0.25) is 10.0 Å². The van der Waals surface area contributed by atoms with E-state index in [2.05, 4.69) is 5.32 Å². The van der Waals surface area contributed by atoms with Crippen LogP contribution in [0.15, 0.2) is 18.2 Å². The summed E-state index contributed by atoms with van der Waals surface area (Å²) in [6.45, 7) is 0. The predicted molar refractivity (Wildman–Crippen MR) is 77.7 cm³/mol. The van der Waals surface area contributed by atoms with E-state index < -0.39 is 0 Å². The maximum Gasteiger partial charge on any atom is 0.227 e. The second kappa shape index (κ2) is 6.62. The van der Waals surface area contributed by atoms with Crippen LogP contribution in [-0.2, 0) is 4.79 Å². The van der Waals surface area contributed by atoms with E-state index in [1.54, 1.807) is 18.2 Å². The standard InChI is InChI=1S/C12H14Cl2N2O.ClH/c13-10-4-3-9(6-11(10)14)16-12(17)7-1-2-8(15)5-7;/h3-4,6-8H,1-2,5,15H2,(H,16,17);1H. The maximum absolute atomic E-state index is 11.9. The molecule has 18 heavy (non-hydrogen) atoms. The first kappa shape index (κ1) is 15.6. The van der Waals surface area contributed by atoms with Crippen LogP contribution >= 0.6 is 35.6 Å². The fourth-order valence-electron chi connectivity index (χ4n) is 2.07. The van der Waals surface area contributed by atoms with E-state index >= 15 is 0 Å². The van der Waals surface area contributed by atoms with Gasteiger partial charge in [0.25, 0.3) is 0 Å². The van der Waals surface area contributed by atoms with Crippen molar-refractivity contribution in [1.82, 2.24) is 0 Å². The lowest BCUT2D eigenvalue weighted by atomic mass is 10.1. The van der Waals surface area contributed by atoms with Crippen LogP contribution in [0.25, 0.3) is 0 Å². The number of carbonyl (C=O) groups is 1. The van der Waals surface area contributed by atoms with Gasteiger partial charge in [0, 0.05) is 17.6 Å². The highest BCUT2D eigenvalue weighted by molar-refractivity contribution is 6.42. The van der Waals surface area contributed by atoms with E-state index in [1.165, 1.54) is 0 Å². The molecule has 1 aromatic rings. The van der Waals surface area contributed by atoms with Crippen LogP contribution in [0.1, 0.15) is 19.3 Å². The monoisotopic (exact) mass is 308 g/mol. The number of nitrogens with two attached hydrogens (primary N) is 1. The van der Waals surface area contributed by atoms with Gasteiger partial charge in [-0.15, -0.1) is 12.4 Å². The van der Waals surface area contributed by atoms with Crippen molar-refractivity contribution in [3.8, 4) is 0 Å². The molecule has 1 saturated carbocycles. The minimum absolute atomic E-state index is 0. The first-order chi connectivity index (χ1) is 8.06. The van der Waals surface area contributed by atoms with Crippen molar-refractivity contribution in [3.63, 3.8) is 0 Å². The van der Waals surface area contributed by atoms with E-state index in [0.717, 1.165) is 19.3 Å². The Balaban J connectivity index is 0.00000162. The van der Waals surface area contributed by atoms with E-state index in [9.17, 15) is 4.79 Å². The Labute approximate surface area is 122 Å². The largest absolute Gasteiger partial charge is 0.328 e. The van der Waals surface area contributed by atoms with Gasteiger partial charge in [-0.2, -0.15) is 0 Å². The smallest absolute Gasteiger partial charge is 0.227 e. The van der Waals surface area contributed by atoms with Gasteiger partial charge in [-0.1, -0.05) is 23.2 Å². The van der Waals surface area contributed by atoms with Gasteiger partial charge in [-0.25, -0.2) is 0 Å². The summed E-state index contributed by atoms with van der Waals surface area (Å²) in [6, 6.07) is 5.21. The number of hydrogen-bond donors (Lipinski definition) is 2. The third-order valence-electron chi connectivity index (χ3n) is 3.03. The zero-order chi connectivity index (χ0) is 12.4. The number of anilines is 1. The molecule has 0 aromatic heterocycles. The molecule has 2 rings (SSSR count). The molecule has 0 spiro atoms. The molecular formula is C12H15Cl3N2O. The lowest BCUT2D eigenvalue weighted by Crippen LogP contribution is -2.23. The fraction of sp³-hybridized carbons (Fsp3) is 0.417. The van der Waals surface area contributed by atoms with Gasteiger partial charge in [-0.05, 0) is 37.5 Å². The van der Waals surface area contributed by atoms with E-state index in [0.29, 0.717) is 15.7 Å². The number of halogens is 3. The van der Waals surface area contributed by atoms with E-state index in [1.807, 2.05) is 0 Å². The molecule has 2 atom stereocenters. The lowest BCUT2D eigenvalue weighted by Gasteiger charge is -2.11. The number of benzene rings is 1. The Bertz CT molecular complexity index is 439. The van der Waals surface area contributed by atoms with Crippen molar-refractivity contribution in [2.75, 3.05) is 5.32 Å². The summed E-state index contributed by atoms with van der Waals surface area (Å²) >= 11 is 11.7. The van der Waals surface area contributed by atoms with Crippen molar-refractivity contribution in [1.29, 1.82) is 0 Å². The quantitative estimate of drug-likeness (QED) is 0.878. The third-order valence-corrected chi connectivity index (χ3v) is 3.77.